The predicted octanol–water partition coefficient (Wildman–Crippen LogP) is 2.55. The Kier molecular flexibility index (Phi) is 5.13. The number of carbonyl (C=O) groups excluding carboxylic acids is 1. The fourth-order valence-electron chi connectivity index (χ4n) is 5.29. The third kappa shape index (κ3) is 3.70. The fourth-order valence-corrected chi connectivity index (χ4v) is 5.29. The largest absolute Gasteiger partial charge is 0.369 e. The van der Waals surface area contributed by atoms with E-state index in [0.29, 0.717) is 23.9 Å². The van der Waals surface area contributed by atoms with E-state index in [9.17, 15) is 4.79 Å². The number of nitrogens with zero attached hydrogens (tertiary/aromatic N) is 7. The van der Waals surface area contributed by atoms with Crippen molar-refractivity contribution in [3.63, 3.8) is 0 Å². The van der Waals surface area contributed by atoms with Crippen molar-refractivity contribution in [2.24, 2.45) is 4.99 Å². The second-order valence-electron chi connectivity index (χ2n) is 9.34. The Labute approximate surface area is 194 Å². The normalized spacial score (nSPS) is 21.3. The molecule has 1 saturated heterocycles. The molecule has 0 spiro atoms. The van der Waals surface area contributed by atoms with Gasteiger partial charge in [0, 0.05) is 56.3 Å². The number of piperazine rings is 1. The summed E-state index contributed by atoms with van der Waals surface area (Å²) >= 11 is 0. The van der Waals surface area contributed by atoms with Crippen LogP contribution in [0, 0.1) is 0 Å². The van der Waals surface area contributed by atoms with Crippen LogP contribution in [0.4, 0.5) is 23.1 Å². The number of rotatable bonds is 4. The molecule has 0 atom stereocenters. The Morgan fingerprint density at radius 2 is 1.76 bits per heavy atom. The molecule has 2 fully saturated rings. The van der Waals surface area contributed by atoms with Gasteiger partial charge in [-0.05, 0) is 44.2 Å². The Hall–Kier alpha value is -3.20. The fraction of sp³-hybridized carbons (Fsp3) is 0.500. The van der Waals surface area contributed by atoms with Gasteiger partial charge in [0.25, 0.3) is 5.91 Å². The monoisotopic (exact) mass is 446 g/mol. The minimum absolute atomic E-state index is 0.0168. The third-order valence-electron chi connectivity index (χ3n) is 7.19. The topological polar surface area (TPSA) is 80.2 Å². The van der Waals surface area contributed by atoms with Gasteiger partial charge in [0.1, 0.15) is 5.56 Å². The Bertz CT molecular complexity index is 1070. The quantitative estimate of drug-likeness (QED) is 0.773. The number of aliphatic imine (C=N–C) groups is 1. The van der Waals surface area contributed by atoms with Gasteiger partial charge in [0.15, 0.2) is 5.82 Å². The molecular weight excluding hydrogens is 416 g/mol. The van der Waals surface area contributed by atoms with Crippen molar-refractivity contribution in [3.8, 4) is 0 Å². The van der Waals surface area contributed by atoms with E-state index in [0.717, 1.165) is 57.2 Å². The molecule has 4 aliphatic rings. The first-order chi connectivity index (χ1) is 16.2. The van der Waals surface area contributed by atoms with E-state index in [4.69, 9.17) is 4.98 Å². The van der Waals surface area contributed by atoms with Crippen molar-refractivity contribution >= 4 is 35.0 Å². The van der Waals surface area contributed by atoms with E-state index < -0.39 is 0 Å². The summed E-state index contributed by atoms with van der Waals surface area (Å²) in [5, 5.41) is 3.31. The summed E-state index contributed by atoms with van der Waals surface area (Å²) < 4.78 is 0. The molecule has 9 nitrogen and oxygen atoms in total. The smallest absolute Gasteiger partial charge is 0.266 e. The number of guanidine groups is 1. The van der Waals surface area contributed by atoms with Crippen LogP contribution >= 0.6 is 0 Å². The Balaban J connectivity index is 1.22. The van der Waals surface area contributed by atoms with E-state index in [-0.39, 0.29) is 11.9 Å². The van der Waals surface area contributed by atoms with Crippen molar-refractivity contribution in [2.45, 2.75) is 31.7 Å². The molecule has 33 heavy (non-hydrogen) atoms. The highest BCUT2D eigenvalue weighted by molar-refractivity contribution is 6.18. The summed E-state index contributed by atoms with van der Waals surface area (Å²) in [6.45, 7) is 5.69. The van der Waals surface area contributed by atoms with Crippen LogP contribution in [0.3, 0.4) is 0 Å². The minimum atomic E-state index is -0.0168. The summed E-state index contributed by atoms with van der Waals surface area (Å²) in [4.78, 5) is 36.0. The van der Waals surface area contributed by atoms with Gasteiger partial charge in [-0.25, -0.2) is 4.98 Å². The molecule has 1 aliphatic carbocycles. The molecule has 1 saturated carbocycles. The number of nitrogens with one attached hydrogen (secondary N) is 1. The van der Waals surface area contributed by atoms with Gasteiger partial charge in [-0.15, -0.1) is 0 Å². The molecule has 1 amide bonds. The zero-order chi connectivity index (χ0) is 22.4. The van der Waals surface area contributed by atoms with Gasteiger partial charge in [-0.3, -0.25) is 19.6 Å². The van der Waals surface area contributed by atoms with Gasteiger partial charge < -0.3 is 15.1 Å². The highest BCUT2D eigenvalue weighted by atomic mass is 16.2. The molecule has 0 unspecified atom stereocenters. The Morgan fingerprint density at radius 3 is 2.52 bits per heavy atom. The number of hydrogen-bond acceptors (Lipinski definition) is 8. The lowest BCUT2D eigenvalue weighted by atomic mass is 10.1. The van der Waals surface area contributed by atoms with Crippen LogP contribution in [0.2, 0.25) is 0 Å². The molecule has 6 rings (SSSR count). The lowest BCUT2D eigenvalue weighted by molar-refractivity contribution is 0.0795. The van der Waals surface area contributed by atoms with E-state index in [2.05, 4.69) is 61.3 Å². The maximum atomic E-state index is 13.3. The molecule has 4 heterocycles. The first-order valence-corrected chi connectivity index (χ1v) is 12.0. The van der Waals surface area contributed by atoms with E-state index >= 15 is 0 Å². The number of carbonyl (C=O) groups is 1. The second-order valence-corrected chi connectivity index (χ2v) is 9.34. The molecule has 1 aromatic heterocycles. The summed E-state index contributed by atoms with van der Waals surface area (Å²) in [6.07, 6.45) is 6.09. The van der Waals surface area contributed by atoms with Gasteiger partial charge in [-0.1, -0.05) is 12.8 Å². The standard InChI is InChI=1S/C24H30N8O/c1-29-12-14-30(15-13-29)18-8-6-17(7-9-18)27-23-26-16-20-21(28-23)31-11-10-25-24(31)32(22(20)33)19-4-2-3-5-19/h6-9,16,19H,2-5,10-15H2,1H3,(H,26,27,28). The summed E-state index contributed by atoms with van der Waals surface area (Å²) in [7, 11) is 2.17. The van der Waals surface area contributed by atoms with Crippen molar-refractivity contribution < 1.29 is 4.79 Å². The van der Waals surface area contributed by atoms with E-state index in [1.807, 2.05) is 4.90 Å². The van der Waals surface area contributed by atoms with Crippen LogP contribution in [-0.4, -0.2) is 84.0 Å². The van der Waals surface area contributed by atoms with Crippen LogP contribution in [0.1, 0.15) is 36.0 Å². The summed E-state index contributed by atoms with van der Waals surface area (Å²) in [6, 6.07) is 8.64. The zero-order valence-corrected chi connectivity index (χ0v) is 19.1. The van der Waals surface area contributed by atoms with E-state index in [1.165, 1.54) is 18.5 Å². The lowest BCUT2D eigenvalue weighted by Crippen LogP contribution is -2.54. The van der Waals surface area contributed by atoms with Gasteiger partial charge in [0.2, 0.25) is 11.9 Å². The average molecular weight is 447 g/mol. The number of fused-ring (bicyclic) bond motifs is 3. The number of aromatic nitrogens is 2. The highest BCUT2D eigenvalue weighted by Gasteiger charge is 2.42. The minimum Gasteiger partial charge on any atom is -0.369 e. The molecule has 1 N–H and O–H groups in total. The lowest BCUT2D eigenvalue weighted by Gasteiger charge is -2.38. The maximum absolute atomic E-state index is 13.3. The van der Waals surface area contributed by atoms with Crippen LogP contribution in [0.15, 0.2) is 35.5 Å². The van der Waals surface area contributed by atoms with Gasteiger partial charge in [0.05, 0.1) is 6.54 Å². The second kappa shape index (κ2) is 8.30. The van der Waals surface area contributed by atoms with Gasteiger partial charge in [-0.2, -0.15) is 4.98 Å². The zero-order valence-electron chi connectivity index (χ0n) is 19.1. The maximum Gasteiger partial charge on any atom is 0.266 e. The molecular formula is C24H30N8O. The number of hydrogen-bond donors (Lipinski definition) is 1. The van der Waals surface area contributed by atoms with E-state index in [1.54, 1.807) is 6.20 Å². The first kappa shape index (κ1) is 20.4. The highest BCUT2D eigenvalue weighted by Crippen LogP contribution is 2.34. The third-order valence-corrected chi connectivity index (χ3v) is 7.19. The molecule has 172 valence electrons. The summed E-state index contributed by atoms with van der Waals surface area (Å²) in [5.41, 5.74) is 2.73. The molecule has 2 aromatic rings. The van der Waals surface area contributed by atoms with Crippen molar-refractivity contribution in [1.29, 1.82) is 0 Å². The van der Waals surface area contributed by atoms with Crippen molar-refractivity contribution in [2.75, 3.05) is 61.4 Å². The molecule has 0 bridgehead atoms. The van der Waals surface area contributed by atoms with Crippen LogP contribution in [0.25, 0.3) is 0 Å². The number of anilines is 4. The molecule has 9 heteroatoms. The SMILES string of the molecule is CN1CCN(c2ccc(Nc3ncc4c(n3)N3CCN=C3N(C3CCCC3)C4=O)cc2)CC1. The Morgan fingerprint density at radius 1 is 1.00 bits per heavy atom. The van der Waals surface area contributed by atoms with Crippen molar-refractivity contribution in [1.82, 2.24) is 19.8 Å². The first-order valence-electron chi connectivity index (χ1n) is 12.0. The average Bonchev–Trinajstić information content (AvgIpc) is 3.53. The molecule has 0 radical (unpaired) electrons. The van der Waals surface area contributed by atoms with Crippen LogP contribution in [-0.2, 0) is 0 Å². The van der Waals surface area contributed by atoms with Crippen LogP contribution < -0.4 is 15.1 Å². The number of likely N-dealkylation sites (N-methyl/N-ethyl adjacent to an activating group) is 1. The molecule has 3 aliphatic heterocycles. The molecule has 1 aromatic carbocycles. The van der Waals surface area contributed by atoms with Crippen molar-refractivity contribution in [3.05, 3.63) is 36.0 Å². The number of benzene rings is 1. The predicted molar refractivity (Wildman–Crippen MR) is 130 cm³/mol. The van der Waals surface area contributed by atoms with Crippen LogP contribution in [0.5, 0.6) is 0 Å². The number of amides is 1. The van der Waals surface area contributed by atoms with Gasteiger partial charge >= 0.3 is 0 Å². The summed E-state index contributed by atoms with van der Waals surface area (Å²) in [5.74, 6) is 1.91.